The summed E-state index contributed by atoms with van der Waals surface area (Å²) in [6, 6.07) is 8.12. The molecule has 3 heterocycles. The maximum absolute atomic E-state index is 12.7. The summed E-state index contributed by atoms with van der Waals surface area (Å²) in [5.74, 6) is 0.544. The molecule has 1 unspecified atom stereocenters. The zero-order valence-electron chi connectivity index (χ0n) is 13.3. The fourth-order valence-electron chi connectivity index (χ4n) is 3.14. The van der Waals surface area contributed by atoms with Crippen molar-refractivity contribution in [2.75, 3.05) is 19.7 Å². The van der Waals surface area contributed by atoms with Crippen LogP contribution in [0.25, 0.3) is 10.9 Å². The number of ether oxygens (including phenoxy) is 1. The first-order valence-electron chi connectivity index (χ1n) is 7.89. The Bertz CT molecular complexity index is 857. The maximum Gasteiger partial charge on any atom is 0.242 e. The second kappa shape index (κ2) is 6.04. The van der Waals surface area contributed by atoms with Gasteiger partial charge in [0.2, 0.25) is 11.7 Å². The van der Waals surface area contributed by atoms with Crippen LogP contribution in [0.4, 0.5) is 0 Å². The van der Waals surface area contributed by atoms with E-state index in [0.717, 1.165) is 5.52 Å². The number of morpholine rings is 1. The Balaban J connectivity index is 1.51. The zero-order chi connectivity index (χ0) is 16.5. The molecule has 1 fully saturated rings. The molecule has 1 saturated heterocycles. The number of nitrogens with one attached hydrogen (secondary N) is 1. The van der Waals surface area contributed by atoms with Crippen LogP contribution in [0.1, 0.15) is 17.5 Å². The van der Waals surface area contributed by atoms with Crippen molar-refractivity contribution in [2.45, 2.75) is 19.6 Å². The molecular formula is C16H18N6O2. The summed E-state index contributed by atoms with van der Waals surface area (Å²) >= 11 is 0. The highest BCUT2D eigenvalue weighted by molar-refractivity contribution is 5.86. The van der Waals surface area contributed by atoms with Gasteiger partial charge < -0.3 is 14.2 Å². The number of aromatic nitrogens is 5. The Morgan fingerprint density at radius 3 is 3.12 bits per heavy atom. The fourth-order valence-corrected chi connectivity index (χ4v) is 3.14. The van der Waals surface area contributed by atoms with Gasteiger partial charge in [-0.2, -0.15) is 5.21 Å². The van der Waals surface area contributed by atoms with Crippen molar-refractivity contribution in [2.24, 2.45) is 0 Å². The lowest BCUT2D eigenvalue weighted by molar-refractivity contribution is -0.139. The highest BCUT2D eigenvalue weighted by atomic mass is 16.5. The van der Waals surface area contributed by atoms with Crippen molar-refractivity contribution in [1.29, 1.82) is 0 Å². The fraction of sp³-hybridized carbons (Fsp3) is 0.375. The van der Waals surface area contributed by atoms with E-state index in [-0.39, 0.29) is 12.0 Å². The summed E-state index contributed by atoms with van der Waals surface area (Å²) in [4.78, 5) is 14.5. The lowest BCUT2D eigenvalue weighted by Crippen LogP contribution is -2.43. The van der Waals surface area contributed by atoms with Gasteiger partial charge in [-0.15, -0.1) is 10.2 Å². The van der Waals surface area contributed by atoms with Crippen molar-refractivity contribution in [1.82, 2.24) is 30.1 Å². The third kappa shape index (κ3) is 2.65. The van der Waals surface area contributed by atoms with Gasteiger partial charge >= 0.3 is 0 Å². The van der Waals surface area contributed by atoms with Crippen LogP contribution in [0.15, 0.2) is 30.5 Å². The van der Waals surface area contributed by atoms with Crippen molar-refractivity contribution in [3.8, 4) is 0 Å². The predicted molar refractivity (Wildman–Crippen MR) is 86.1 cm³/mol. The van der Waals surface area contributed by atoms with Crippen molar-refractivity contribution in [3.05, 3.63) is 41.9 Å². The molecule has 124 valence electrons. The second-order valence-electron chi connectivity index (χ2n) is 5.93. The number of nitrogens with zero attached hydrogens (tertiary/aromatic N) is 5. The number of amides is 1. The second-order valence-corrected chi connectivity index (χ2v) is 5.93. The van der Waals surface area contributed by atoms with Crippen LogP contribution >= 0.6 is 0 Å². The number of tetrazole rings is 1. The number of hydrogen-bond acceptors (Lipinski definition) is 5. The summed E-state index contributed by atoms with van der Waals surface area (Å²) in [5.41, 5.74) is 2.25. The SMILES string of the molecule is Cc1cn(CC(=O)N2CCOC(c3nn[nH]n3)C2)c2ccccc12. The van der Waals surface area contributed by atoms with E-state index in [4.69, 9.17) is 4.74 Å². The summed E-state index contributed by atoms with van der Waals surface area (Å²) in [5, 5.41) is 15.0. The Hall–Kier alpha value is -2.74. The van der Waals surface area contributed by atoms with E-state index in [9.17, 15) is 4.79 Å². The molecule has 1 aromatic carbocycles. The number of carbonyl (C=O) groups excluding carboxylic acids is 1. The average molecular weight is 326 g/mol. The molecule has 1 amide bonds. The molecule has 1 aliphatic heterocycles. The van der Waals surface area contributed by atoms with Crippen LogP contribution in [0.5, 0.6) is 0 Å². The standard InChI is InChI=1S/C16H18N6O2/c1-11-8-22(13-5-3-2-4-12(11)13)10-15(23)21-6-7-24-14(9-21)16-17-19-20-18-16/h2-5,8,14H,6-7,9-10H2,1H3,(H,17,18,19,20). The lowest BCUT2D eigenvalue weighted by atomic mass is 10.2. The normalized spacial score (nSPS) is 18.2. The van der Waals surface area contributed by atoms with Crippen molar-refractivity contribution < 1.29 is 9.53 Å². The van der Waals surface area contributed by atoms with E-state index < -0.39 is 0 Å². The van der Waals surface area contributed by atoms with Gasteiger partial charge in [-0.05, 0) is 18.6 Å². The molecule has 2 aromatic heterocycles. The summed E-state index contributed by atoms with van der Waals surface area (Å²) < 4.78 is 7.65. The van der Waals surface area contributed by atoms with Gasteiger partial charge in [0, 0.05) is 23.6 Å². The molecule has 0 saturated carbocycles. The van der Waals surface area contributed by atoms with Gasteiger partial charge in [0.15, 0.2) is 0 Å². The largest absolute Gasteiger partial charge is 0.366 e. The van der Waals surface area contributed by atoms with Crippen LogP contribution in [0.3, 0.4) is 0 Å². The molecule has 1 aliphatic rings. The van der Waals surface area contributed by atoms with Crippen molar-refractivity contribution in [3.63, 3.8) is 0 Å². The number of rotatable bonds is 3. The molecule has 1 atom stereocenters. The van der Waals surface area contributed by atoms with Gasteiger partial charge in [0.25, 0.3) is 0 Å². The highest BCUT2D eigenvalue weighted by Gasteiger charge is 2.28. The van der Waals surface area contributed by atoms with E-state index in [1.165, 1.54) is 10.9 Å². The number of benzene rings is 1. The van der Waals surface area contributed by atoms with Crippen LogP contribution in [-0.2, 0) is 16.1 Å². The quantitative estimate of drug-likeness (QED) is 0.777. The lowest BCUT2D eigenvalue weighted by Gasteiger charge is -2.31. The Labute approximate surface area is 138 Å². The Kier molecular flexibility index (Phi) is 3.73. The number of hydrogen-bond donors (Lipinski definition) is 1. The minimum atomic E-state index is -0.329. The molecule has 24 heavy (non-hydrogen) atoms. The molecule has 4 rings (SSSR count). The van der Waals surface area contributed by atoms with Gasteiger partial charge in [-0.3, -0.25) is 4.79 Å². The molecular weight excluding hydrogens is 308 g/mol. The first kappa shape index (κ1) is 14.8. The molecule has 0 aliphatic carbocycles. The third-order valence-electron chi connectivity index (χ3n) is 4.36. The Morgan fingerprint density at radius 1 is 1.42 bits per heavy atom. The molecule has 1 N–H and O–H groups in total. The number of aryl methyl sites for hydroxylation is 1. The smallest absolute Gasteiger partial charge is 0.242 e. The average Bonchev–Trinajstić information content (AvgIpc) is 3.25. The molecule has 8 heteroatoms. The number of fused-ring (bicyclic) bond motifs is 1. The molecule has 0 spiro atoms. The highest BCUT2D eigenvalue weighted by Crippen LogP contribution is 2.22. The van der Waals surface area contributed by atoms with E-state index in [0.29, 0.717) is 32.1 Å². The van der Waals surface area contributed by atoms with Gasteiger partial charge in [-0.25, -0.2) is 0 Å². The number of para-hydroxylation sites is 1. The van der Waals surface area contributed by atoms with E-state index in [1.54, 1.807) is 4.90 Å². The minimum Gasteiger partial charge on any atom is -0.366 e. The van der Waals surface area contributed by atoms with Crippen LogP contribution in [0.2, 0.25) is 0 Å². The van der Waals surface area contributed by atoms with Crippen LogP contribution in [-0.4, -0.2) is 55.7 Å². The van der Waals surface area contributed by atoms with Crippen LogP contribution < -0.4 is 0 Å². The van der Waals surface area contributed by atoms with Gasteiger partial charge in [0.05, 0.1) is 13.2 Å². The third-order valence-corrected chi connectivity index (χ3v) is 4.36. The first-order chi connectivity index (χ1) is 11.7. The summed E-state index contributed by atoms with van der Waals surface area (Å²) in [7, 11) is 0. The van der Waals surface area contributed by atoms with E-state index in [2.05, 4.69) is 33.6 Å². The number of carbonyl (C=O) groups is 1. The minimum absolute atomic E-state index is 0.0625. The van der Waals surface area contributed by atoms with Crippen molar-refractivity contribution >= 4 is 16.8 Å². The van der Waals surface area contributed by atoms with Gasteiger partial charge in [0.1, 0.15) is 12.6 Å². The first-order valence-corrected chi connectivity index (χ1v) is 7.89. The number of H-pyrrole nitrogens is 1. The predicted octanol–water partition coefficient (Wildman–Crippen LogP) is 1.06. The van der Waals surface area contributed by atoms with Crippen LogP contribution in [0, 0.1) is 6.92 Å². The van der Waals surface area contributed by atoms with E-state index in [1.807, 2.05) is 29.0 Å². The molecule has 8 nitrogen and oxygen atoms in total. The summed E-state index contributed by atoms with van der Waals surface area (Å²) in [6.45, 7) is 3.86. The molecule has 0 bridgehead atoms. The zero-order valence-corrected chi connectivity index (χ0v) is 13.3. The Morgan fingerprint density at radius 2 is 2.29 bits per heavy atom. The topological polar surface area (TPSA) is 88.9 Å². The van der Waals surface area contributed by atoms with E-state index >= 15 is 0 Å². The summed E-state index contributed by atoms with van der Waals surface area (Å²) in [6.07, 6.45) is 1.70. The monoisotopic (exact) mass is 326 g/mol. The number of aromatic amines is 1. The molecule has 0 radical (unpaired) electrons. The van der Waals surface area contributed by atoms with Gasteiger partial charge in [-0.1, -0.05) is 23.4 Å². The maximum atomic E-state index is 12.7. The molecule has 3 aromatic rings.